The van der Waals surface area contributed by atoms with Crippen molar-refractivity contribution in [1.82, 2.24) is 4.90 Å². The van der Waals surface area contributed by atoms with Gasteiger partial charge in [0.2, 0.25) is 0 Å². The molecule has 1 saturated heterocycles. The van der Waals surface area contributed by atoms with E-state index in [1.54, 1.807) is 6.07 Å². The highest BCUT2D eigenvalue weighted by molar-refractivity contribution is 8.26. The number of thioether (sulfide) groups is 1. The summed E-state index contributed by atoms with van der Waals surface area (Å²) in [5.41, 5.74) is 1.59. The van der Waals surface area contributed by atoms with Gasteiger partial charge < -0.3 is 9.52 Å². The Morgan fingerprint density at radius 2 is 2.11 bits per heavy atom. The van der Waals surface area contributed by atoms with Gasteiger partial charge in [0.25, 0.3) is 5.91 Å². The number of benzene rings is 1. The van der Waals surface area contributed by atoms with E-state index in [1.165, 1.54) is 17.2 Å². The molecule has 1 aromatic carbocycles. The minimum absolute atomic E-state index is 0.0391. The molecule has 28 heavy (non-hydrogen) atoms. The molecule has 0 bridgehead atoms. The van der Waals surface area contributed by atoms with E-state index in [2.05, 4.69) is 0 Å². The number of nitrogens with zero attached hydrogens (tertiary/aromatic N) is 1. The van der Waals surface area contributed by atoms with E-state index in [1.807, 2.05) is 26.0 Å². The summed E-state index contributed by atoms with van der Waals surface area (Å²) in [4.78, 5) is 37.8. The standard InChI is InChI=1S/C20H19NO5S2/c1-11(2)12-5-6-15-14(8-12)18(24)13(10-26-15)9-16-19(25)21(20(27)28-16)7-3-4-17(22)23/h5-6,8-11H,3-4,7H2,1-2H3,(H,22,23). The average Bonchev–Trinajstić information content (AvgIpc) is 2.91. The molecule has 0 aliphatic carbocycles. The van der Waals surface area contributed by atoms with E-state index < -0.39 is 5.97 Å². The van der Waals surface area contributed by atoms with E-state index in [0.29, 0.717) is 26.6 Å². The number of rotatable bonds is 6. The first-order valence-corrected chi connectivity index (χ1v) is 10.0. The smallest absolute Gasteiger partial charge is 0.303 e. The van der Waals surface area contributed by atoms with Crippen LogP contribution in [0.3, 0.4) is 0 Å². The molecule has 1 aliphatic rings. The number of amides is 1. The van der Waals surface area contributed by atoms with Crippen LogP contribution in [0.15, 0.2) is 38.6 Å². The van der Waals surface area contributed by atoms with Gasteiger partial charge in [0.15, 0.2) is 5.43 Å². The minimum atomic E-state index is -0.921. The fourth-order valence-electron chi connectivity index (χ4n) is 2.84. The highest BCUT2D eigenvalue weighted by Crippen LogP contribution is 2.32. The lowest BCUT2D eigenvalue weighted by Crippen LogP contribution is -2.29. The third-order valence-electron chi connectivity index (χ3n) is 4.42. The fourth-order valence-corrected chi connectivity index (χ4v) is 4.14. The largest absolute Gasteiger partial charge is 0.481 e. The predicted molar refractivity (Wildman–Crippen MR) is 113 cm³/mol. The maximum Gasteiger partial charge on any atom is 0.303 e. The number of carboxylic acids is 1. The molecule has 2 aromatic rings. The Hall–Kier alpha value is -2.45. The van der Waals surface area contributed by atoms with E-state index >= 15 is 0 Å². The van der Waals surface area contributed by atoms with Gasteiger partial charge in [-0.05, 0) is 36.1 Å². The van der Waals surface area contributed by atoms with Crippen molar-refractivity contribution in [3.63, 3.8) is 0 Å². The monoisotopic (exact) mass is 417 g/mol. The number of thiocarbonyl (C=S) groups is 1. The Kier molecular flexibility index (Phi) is 6.00. The van der Waals surface area contributed by atoms with Crippen molar-refractivity contribution >= 4 is 57.2 Å². The van der Waals surface area contributed by atoms with Crippen molar-refractivity contribution < 1.29 is 19.1 Å². The molecular formula is C20H19NO5S2. The average molecular weight is 418 g/mol. The summed E-state index contributed by atoms with van der Waals surface area (Å²) in [6.07, 6.45) is 3.11. The molecule has 1 aliphatic heterocycles. The number of carbonyl (C=O) groups excluding carboxylic acids is 1. The van der Waals surface area contributed by atoms with Gasteiger partial charge in [-0.3, -0.25) is 19.3 Å². The Bertz CT molecular complexity index is 1050. The number of aliphatic carboxylic acids is 1. The van der Waals surface area contributed by atoms with Crippen molar-refractivity contribution in [2.45, 2.75) is 32.6 Å². The van der Waals surface area contributed by atoms with Crippen LogP contribution in [0.4, 0.5) is 0 Å². The third kappa shape index (κ3) is 4.18. The molecule has 1 amide bonds. The summed E-state index contributed by atoms with van der Waals surface area (Å²) in [5.74, 6) is -0.971. The van der Waals surface area contributed by atoms with E-state index in [-0.39, 0.29) is 35.8 Å². The van der Waals surface area contributed by atoms with Gasteiger partial charge >= 0.3 is 5.97 Å². The molecule has 8 heteroatoms. The number of fused-ring (bicyclic) bond motifs is 1. The Morgan fingerprint density at radius 3 is 2.79 bits per heavy atom. The van der Waals surface area contributed by atoms with Crippen LogP contribution in [0, 0.1) is 0 Å². The van der Waals surface area contributed by atoms with Gasteiger partial charge in [0, 0.05) is 13.0 Å². The van der Waals surface area contributed by atoms with Gasteiger partial charge in [-0.25, -0.2) is 0 Å². The van der Waals surface area contributed by atoms with Gasteiger partial charge in [0.05, 0.1) is 15.9 Å². The summed E-state index contributed by atoms with van der Waals surface area (Å²) in [6.45, 7) is 4.32. The number of hydrogen-bond acceptors (Lipinski definition) is 6. The summed E-state index contributed by atoms with van der Waals surface area (Å²) in [7, 11) is 0. The van der Waals surface area contributed by atoms with Crippen LogP contribution in [0.2, 0.25) is 0 Å². The summed E-state index contributed by atoms with van der Waals surface area (Å²) in [6, 6.07) is 5.52. The van der Waals surface area contributed by atoms with Gasteiger partial charge in [-0.15, -0.1) is 0 Å². The van der Waals surface area contributed by atoms with Crippen LogP contribution in [0.5, 0.6) is 0 Å². The maximum atomic E-state index is 12.9. The molecule has 0 radical (unpaired) electrons. The van der Waals surface area contributed by atoms with Gasteiger partial charge in [-0.1, -0.05) is 43.9 Å². The molecule has 1 aromatic heterocycles. The number of carbonyl (C=O) groups is 2. The van der Waals surface area contributed by atoms with Crippen molar-refractivity contribution in [2.75, 3.05) is 6.54 Å². The predicted octanol–water partition coefficient (Wildman–Crippen LogP) is 3.98. The first kappa shape index (κ1) is 20.3. The highest BCUT2D eigenvalue weighted by Gasteiger charge is 2.32. The van der Waals surface area contributed by atoms with E-state index in [4.69, 9.17) is 21.7 Å². The number of carboxylic acid groups (broad SMARTS) is 1. The molecule has 1 fully saturated rings. The lowest BCUT2D eigenvalue weighted by Gasteiger charge is -2.13. The molecule has 6 nitrogen and oxygen atoms in total. The molecule has 146 valence electrons. The molecule has 0 unspecified atom stereocenters. The van der Waals surface area contributed by atoms with Crippen molar-refractivity contribution in [1.29, 1.82) is 0 Å². The zero-order valence-electron chi connectivity index (χ0n) is 15.4. The van der Waals surface area contributed by atoms with E-state index in [9.17, 15) is 14.4 Å². The first-order valence-electron chi connectivity index (χ1n) is 8.80. The van der Waals surface area contributed by atoms with Crippen LogP contribution in [-0.2, 0) is 9.59 Å². The quantitative estimate of drug-likeness (QED) is 0.562. The summed E-state index contributed by atoms with van der Waals surface area (Å²) in [5, 5.41) is 9.21. The van der Waals surface area contributed by atoms with Crippen molar-refractivity contribution in [2.24, 2.45) is 0 Å². The van der Waals surface area contributed by atoms with E-state index in [0.717, 1.165) is 17.3 Å². The third-order valence-corrected chi connectivity index (χ3v) is 5.80. The Balaban J connectivity index is 1.90. The highest BCUT2D eigenvalue weighted by atomic mass is 32.2. The van der Waals surface area contributed by atoms with Gasteiger partial charge in [0.1, 0.15) is 16.2 Å². The van der Waals surface area contributed by atoms with Crippen LogP contribution < -0.4 is 5.43 Å². The molecule has 3 rings (SSSR count). The second-order valence-corrected chi connectivity index (χ2v) is 8.44. The first-order chi connectivity index (χ1) is 13.3. The minimum Gasteiger partial charge on any atom is -0.481 e. The summed E-state index contributed by atoms with van der Waals surface area (Å²) < 4.78 is 5.93. The summed E-state index contributed by atoms with van der Waals surface area (Å²) >= 11 is 6.32. The SMILES string of the molecule is CC(C)c1ccc2occ(C=C3SC(=S)N(CCCC(=O)O)C3=O)c(=O)c2c1. The lowest BCUT2D eigenvalue weighted by molar-refractivity contribution is -0.137. The van der Waals surface area contributed by atoms with Crippen LogP contribution in [-0.4, -0.2) is 32.7 Å². The van der Waals surface area contributed by atoms with Crippen LogP contribution in [0.25, 0.3) is 17.0 Å². The normalized spacial score (nSPS) is 16.0. The van der Waals surface area contributed by atoms with Crippen LogP contribution >= 0.6 is 24.0 Å². The molecule has 2 heterocycles. The topological polar surface area (TPSA) is 87.8 Å². The molecule has 1 N–H and O–H groups in total. The maximum absolute atomic E-state index is 12.9. The molecule has 0 saturated carbocycles. The van der Waals surface area contributed by atoms with Crippen molar-refractivity contribution in [3.05, 3.63) is 50.7 Å². The van der Waals surface area contributed by atoms with Crippen molar-refractivity contribution in [3.8, 4) is 0 Å². The second kappa shape index (κ2) is 8.28. The number of hydrogen-bond donors (Lipinski definition) is 1. The molecule has 0 spiro atoms. The fraction of sp³-hybridized carbons (Fsp3) is 0.300. The molecular weight excluding hydrogens is 398 g/mol. The zero-order chi connectivity index (χ0) is 20.4. The second-order valence-electron chi connectivity index (χ2n) is 6.76. The lowest BCUT2D eigenvalue weighted by atomic mass is 10.0. The zero-order valence-corrected chi connectivity index (χ0v) is 17.1. The van der Waals surface area contributed by atoms with Gasteiger partial charge in [-0.2, -0.15) is 0 Å². The van der Waals surface area contributed by atoms with Crippen LogP contribution in [0.1, 0.15) is 43.7 Å². The Morgan fingerprint density at radius 1 is 1.36 bits per heavy atom. The Labute approximate surface area is 171 Å². The molecule has 0 atom stereocenters.